The first-order valence-electron chi connectivity index (χ1n) is 9.74. The molecule has 0 fully saturated rings. The third-order valence-electron chi connectivity index (χ3n) is 5.31. The molecule has 6 nitrogen and oxygen atoms in total. The van der Waals surface area contributed by atoms with Crippen molar-refractivity contribution in [2.24, 2.45) is 0 Å². The van der Waals surface area contributed by atoms with E-state index >= 15 is 0 Å². The number of carbonyl (C=O) groups is 1. The Balaban J connectivity index is 1.82. The molecule has 0 bridgehead atoms. The van der Waals surface area contributed by atoms with Crippen molar-refractivity contribution in [1.82, 2.24) is 4.31 Å². The van der Waals surface area contributed by atoms with Crippen LogP contribution in [0.4, 0.5) is 11.4 Å². The number of fused-ring (bicyclic) bond motifs is 1. The minimum Gasteiger partial charge on any atom is -0.359 e. The van der Waals surface area contributed by atoms with Crippen molar-refractivity contribution >= 4 is 38.9 Å². The second-order valence-electron chi connectivity index (χ2n) is 6.97. The minimum atomic E-state index is -3.64. The van der Waals surface area contributed by atoms with E-state index in [2.05, 4.69) is 16.3 Å². The summed E-state index contributed by atoms with van der Waals surface area (Å²) in [5.41, 5.74) is 2.57. The molecule has 2 aromatic carbocycles. The summed E-state index contributed by atoms with van der Waals surface area (Å²) in [6, 6.07) is 12.0. The first kappa shape index (κ1) is 21.6. The number of nitrogens with one attached hydrogen (secondary N) is 1. The molecule has 1 heterocycles. The minimum absolute atomic E-state index is 0.111. The fourth-order valence-electron chi connectivity index (χ4n) is 3.62. The monoisotopic (exact) mass is 435 g/mol. The predicted molar refractivity (Wildman–Crippen MR) is 117 cm³/mol. The summed E-state index contributed by atoms with van der Waals surface area (Å²) < 4.78 is 26.9. The maximum Gasteiger partial charge on any atom is 0.246 e. The molecule has 1 aliphatic rings. The van der Waals surface area contributed by atoms with E-state index in [0.29, 0.717) is 23.8 Å². The van der Waals surface area contributed by atoms with Gasteiger partial charge in [-0.3, -0.25) is 4.79 Å². The van der Waals surface area contributed by atoms with E-state index in [-0.39, 0.29) is 10.8 Å². The Morgan fingerprint density at radius 2 is 1.90 bits per heavy atom. The molecule has 1 atom stereocenters. The normalized spacial score (nSPS) is 14.7. The van der Waals surface area contributed by atoms with E-state index in [0.717, 1.165) is 18.7 Å². The second kappa shape index (κ2) is 8.73. The SMILES string of the molecule is CCN(CC)S(=O)(=O)c1ccc(Cl)c(NC(=O)[C@H](C)N2CCc3ccccc32)c1. The first-order valence-corrected chi connectivity index (χ1v) is 11.6. The van der Waals surface area contributed by atoms with Gasteiger partial charge >= 0.3 is 0 Å². The Labute approximate surface area is 177 Å². The number of anilines is 2. The second-order valence-corrected chi connectivity index (χ2v) is 9.31. The van der Waals surface area contributed by atoms with Crippen LogP contribution in [-0.4, -0.2) is 44.3 Å². The summed E-state index contributed by atoms with van der Waals surface area (Å²) >= 11 is 6.25. The number of rotatable bonds is 7. The molecule has 0 unspecified atom stereocenters. The van der Waals surface area contributed by atoms with Crippen molar-refractivity contribution < 1.29 is 13.2 Å². The van der Waals surface area contributed by atoms with Crippen LogP contribution in [0, 0.1) is 0 Å². The third kappa shape index (κ3) is 4.27. The molecule has 8 heteroatoms. The van der Waals surface area contributed by atoms with E-state index in [1.165, 1.54) is 28.1 Å². The smallest absolute Gasteiger partial charge is 0.246 e. The molecule has 0 spiro atoms. The maximum atomic E-state index is 12.9. The molecule has 0 saturated heterocycles. The van der Waals surface area contributed by atoms with E-state index in [1.54, 1.807) is 13.8 Å². The van der Waals surface area contributed by atoms with Gasteiger partial charge in [0.2, 0.25) is 15.9 Å². The molecule has 0 aliphatic carbocycles. The zero-order valence-corrected chi connectivity index (χ0v) is 18.4. The van der Waals surface area contributed by atoms with E-state index in [1.807, 2.05) is 25.1 Å². The molecular weight excluding hydrogens is 410 g/mol. The molecule has 29 heavy (non-hydrogen) atoms. The highest BCUT2D eigenvalue weighted by Crippen LogP contribution is 2.31. The number of amides is 1. The lowest BCUT2D eigenvalue weighted by Crippen LogP contribution is -2.41. The Kier molecular flexibility index (Phi) is 6.51. The van der Waals surface area contributed by atoms with Crippen molar-refractivity contribution in [2.45, 2.75) is 38.1 Å². The summed E-state index contributed by atoms with van der Waals surface area (Å²) in [7, 11) is -3.64. The molecule has 0 aromatic heterocycles. The van der Waals surface area contributed by atoms with Gasteiger partial charge in [-0.2, -0.15) is 4.31 Å². The van der Waals surface area contributed by atoms with Crippen LogP contribution in [0.5, 0.6) is 0 Å². The van der Waals surface area contributed by atoms with Crippen molar-refractivity contribution in [2.75, 3.05) is 29.9 Å². The highest BCUT2D eigenvalue weighted by Gasteiger charge is 2.28. The van der Waals surface area contributed by atoms with Gasteiger partial charge in [0.05, 0.1) is 15.6 Å². The van der Waals surface area contributed by atoms with Gasteiger partial charge in [0, 0.05) is 25.3 Å². The van der Waals surface area contributed by atoms with Crippen molar-refractivity contribution in [3.63, 3.8) is 0 Å². The number of benzene rings is 2. The lowest BCUT2D eigenvalue weighted by Gasteiger charge is -2.26. The molecule has 156 valence electrons. The van der Waals surface area contributed by atoms with Gasteiger partial charge in [0.15, 0.2) is 0 Å². The fourth-order valence-corrected chi connectivity index (χ4v) is 5.27. The average Bonchev–Trinajstić information content (AvgIpc) is 3.13. The van der Waals surface area contributed by atoms with Gasteiger partial charge in [-0.15, -0.1) is 0 Å². The van der Waals surface area contributed by atoms with E-state index < -0.39 is 16.1 Å². The van der Waals surface area contributed by atoms with E-state index in [4.69, 9.17) is 11.6 Å². The standard InChI is InChI=1S/C21H26ClN3O3S/c1-4-24(5-2)29(27,28)17-10-11-18(22)19(14-17)23-21(26)15(3)25-13-12-16-8-6-7-9-20(16)25/h6-11,14-15H,4-5,12-13H2,1-3H3,(H,23,26)/t15-/m0/s1. The van der Waals surface area contributed by atoms with Gasteiger partial charge in [0.25, 0.3) is 0 Å². The topological polar surface area (TPSA) is 69.7 Å². The zero-order chi connectivity index (χ0) is 21.2. The number of hydrogen-bond donors (Lipinski definition) is 1. The number of para-hydroxylation sites is 1. The molecule has 1 aliphatic heterocycles. The fraction of sp³-hybridized carbons (Fsp3) is 0.381. The van der Waals surface area contributed by atoms with Gasteiger partial charge in [0.1, 0.15) is 6.04 Å². The highest BCUT2D eigenvalue weighted by molar-refractivity contribution is 7.89. The number of hydrogen-bond acceptors (Lipinski definition) is 4. The largest absolute Gasteiger partial charge is 0.359 e. The number of nitrogens with zero attached hydrogens (tertiary/aromatic N) is 2. The summed E-state index contributed by atoms with van der Waals surface area (Å²) in [5.74, 6) is -0.235. The van der Waals surface area contributed by atoms with E-state index in [9.17, 15) is 13.2 Å². The third-order valence-corrected chi connectivity index (χ3v) is 7.68. The lowest BCUT2D eigenvalue weighted by molar-refractivity contribution is -0.117. The predicted octanol–water partition coefficient (Wildman–Crippen LogP) is 3.76. The van der Waals surface area contributed by atoms with Crippen LogP contribution in [0.1, 0.15) is 26.3 Å². The number of halogens is 1. The Bertz CT molecular complexity index is 1010. The van der Waals surface area contributed by atoms with Gasteiger partial charge in [-0.05, 0) is 43.2 Å². The molecule has 2 aromatic rings. The zero-order valence-electron chi connectivity index (χ0n) is 16.9. The summed E-state index contributed by atoms with van der Waals surface area (Å²) in [4.78, 5) is 15.1. The van der Waals surface area contributed by atoms with Crippen molar-refractivity contribution in [3.8, 4) is 0 Å². The Morgan fingerprint density at radius 3 is 2.59 bits per heavy atom. The van der Waals surface area contributed by atoms with Gasteiger partial charge in [-0.25, -0.2) is 8.42 Å². The molecule has 1 N–H and O–H groups in total. The van der Waals surface area contributed by atoms with Gasteiger partial charge < -0.3 is 10.2 Å². The molecular formula is C21H26ClN3O3S. The van der Waals surface area contributed by atoms with Crippen LogP contribution >= 0.6 is 11.6 Å². The summed E-state index contributed by atoms with van der Waals surface area (Å²) in [6.45, 7) is 6.91. The molecule has 0 radical (unpaired) electrons. The van der Waals surface area contributed by atoms with Crippen molar-refractivity contribution in [1.29, 1.82) is 0 Å². The summed E-state index contributed by atoms with van der Waals surface area (Å²) in [6.07, 6.45) is 0.895. The van der Waals surface area contributed by atoms with Crippen LogP contribution in [-0.2, 0) is 21.2 Å². The Hall–Kier alpha value is -2.09. The lowest BCUT2D eigenvalue weighted by atomic mass is 10.1. The van der Waals surface area contributed by atoms with Crippen LogP contribution in [0.2, 0.25) is 5.02 Å². The van der Waals surface area contributed by atoms with Gasteiger partial charge in [-0.1, -0.05) is 43.6 Å². The first-order chi connectivity index (χ1) is 13.8. The maximum absolute atomic E-state index is 12.9. The molecule has 3 rings (SSSR count). The highest BCUT2D eigenvalue weighted by atomic mass is 35.5. The average molecular weight is 436 g/mol. The molecule has 0 saturated carbocycles. The number of carbonyl (C=O) groups excluding carboxylic acids is 1. The van der Waals surface area contributed by atoms with Crippen LogP contribution < -0.4 is 10.2 Å². The summed E-state index contributed by atoms with van der Waals surface area (Å²) in [5, 5.41) is 3.11. The molecule has 1 amide bonds. The quantitative estimate of drug-likeness (QED) is 0.718. The van der Waals surface area contributed by atoms with Crippen LogP contribution in [0.25, 0.3) is 0 Å². The van der Waals surface area contributed by atoms with Crippen LogP contribution in [0.3, 0.4) is 0 Å². The van der Waals surface area contributed by atoms with Crippen molar-refractivity contribution in [3.05, 3.63) is 53.1 Å². The van der Waals surface area contributed by atoms with Crippen LogP contribution in [0.15, 0.2) is 47.4 Å². The Morgan fingerprint density at radius 1 is 1.21 bits per heavy atom. The number of sulfonamides is 1.